The number of allylic oxidation sites excluding steroid dienone is 1. The largest absolute Gasteiger partial charge is 0.465 e. The molecule has 8 heteroatoms. The van der Waals surface area contributed by atoms with Gasteiger partial charge in [0.1, 0.15) is 17.6 Å². The van der Waals surface area contributed by atoms with Crippen LogP contribution in [-0.2, 0) is 30.4 Å². The number of fused-ring (bicyclic) bond motifs is 2. The quantitative estimate of drug-likeness (QED) is 0.485. The monoisotopic (exact) mass is 508 g/mol. The zero-order valence-electron chi connectivity index (χ0n) is 21.5. The summed E-state index contributed by atoms with van der Waals surface area (Å²) in [6.45, 7) is 4.41. The van der Waals surface area contributed by atoms with Crippen LogP contribution >= 0.6 is 0 Å². The van der Waals surface area contributed by atoms with Gasteiger partial charge in [0.25, 0.3) is 0 Å². The molecule has 0 radical (unpaired) electrons. The van der Waals surface area contributed by atoms with Crippen molar-refractivity contribution in [2.24, 2.45) is 11.8 Å². The molecule has 1 unspecified atom stereocenters. The molecule has 5 rings (SSSR count). The molecule has 1 spiro atoms. The number of aliphatic hydroxyl groups excluding tert-OH is 1. The number of hydrogen-bond donors (Lipinski definition) is 1. The van der Waals surface area contributed by atoms with E-state index in [1.54, 1.807) is 4.90 Å². The topological polar surface area (TPSA) is 96.4 Å². The summed E-state index contributed by atoms with van der Waals surface area (Å²) >= 11 is 0. The Hall–Kier alpha value is -2.97. The summed E-state index contributed by atoms with van der Waals surface area (Å²) in [7, 11) is 0. The molecule has 4 aliphatic heterocycles. The number of benzene rings is 1. The van der Waals surface area contributed by atoms with Gasteiger partial charge in [-0.1, -0.05) is 61.6 Å². The van der Waals surface area contributed by atoms with Gasteiger partial charge in [0.05, 0.1) is 30.8 Å². The maximum atomic E-state index is 14.3. The lowest BCUT2D eigenvalue weighted by Crippen LogP contribution is -2.58. The number of rotatable bonds is 5. The van der Waals surface area contributed by atoms with Crippen molar-refractivity contribution in [2.45, 2.75) is 69.4 Å². The predicted molar refractivity (Wildman–Crippen MR) is 136 cm³/mol. The number of amides is 2. The highest BCUT2D eigenvalue weighted by atomic mass is 16.6. The predicted octanol–water partition coefficient (Wildman–Crippen LogP) is 2.61. The molecular weight excluding hydrogens is 472 g/mol. The Labute approximate surface area is 217 Å². The lowest BCUT2D eigenvalue weighted by atomic mass is 9.74. The van der Waals surface area contributed by atoms with Crippen LogP contribution in [0.3, 0.4) is 0 Å². The fourth-order valence-electron chi connectivity index (χ4n) is 6.54. The van der Waals surface area contributed by atoms with Crippen LogP contribution in [0.15, 0.2) is 54.6 Å². The van der Waals surface area contributed by atoms with Crippen molar-refractivity contribution in [1.82, 2.24) is 9.80 Å². The maximum absolute atomic E-state index is 14.3. The van der Waals surface area contributed by atoms with E-state index in [1.807, 2.05) is 68.5 Å². The van der Waals surface area contributed by atoms with Gasteiger partial charge in [-0.2, -0.15) is 0 Å². The van der Waals surface area contributed by atoms with Crippen molar-refractivity contribution in [1.29, 1.82) is 0 Å². The van der Waals surface area contributed by atoms with Crippen LogP contribution in [0, 0.1) is 11.8 Å². The van der Waals surface area contributed by atoms with Crippen LogP contribution in [-0.4, -0.2) is 75.7 Å². The van der Waals surface area contributed by atoms with E-state index in [9.17, 15) is 19.5 Å². The van der Waals surface area contributed by atoms with Crippen LogP contribution < -0.4 is 0 Å². The van der Waals surface area contributed by atoms with Gasteiger partial charge in [0.15, 0.2) is 0 Å². The van der Waals surface area contributed by atoms with E-state index in [0.29, 0.717) is 19.5 Å². The first-order valence-electron chi connectivity index (χ1n) is 13.3. The van der Waals surface area contributed by atoms with Gasteiger partial charge >= 0.3 is 5.97 Å². The molecule has 2 fully saturated rings. The number of esters is 1. The average Bonchev–Trinajstić information content (AvgIpc) is 3.23. The van der Waals surface area contributed by atoms with Crippen molar-refractivity contribution in [3.05, 3.63) is 60.2 Å². The zero-order valence-corrected chi connectivity index (χ0v) is 21.5. The normalized spacial score (nSPS) is 35.3. The molecule has 0 aromatic heterocycles. The minimum absolute atomic E-state index is 0.249. The highest BCUT2D eigenvalue weighted by molar-refractivity contribution is 5.99. The second-order valence-corrected chi connectivity index (χ2v) is 10.7. The standard InChI is InChI=1S/C29H36N2O6/c1-3-21(19-32)31-24-26(34)30(18-20-12-7-6-8-13-20)16-11-15-29(24)22(25(31)33)23-27(35)36-17-10-5-4-9-14-28(23,2)37-29/h6-9,11-15,21-24,32H,3-5,10,16-19H2,1-2H3/b14-9-/t21-,22-,23-,24?,28+,29-/m0/s1. The summed E-state index contributed by atoms with van der Waals surface area (Å²) in [5.41, 5.74) is -1.49. The number of nitrogens with zero attached hydrogens (tertiary/aromatic N) is 2. The molecular formula is C29H36N2O6. The highest BCUT2D eigenvalue weighted by Gasteiger charge is 2.75. The Bertz CT molecular complexity index is 1100. The average molecular weight is 509 g/mol. The van der Waals surface area contributed by atoms with E-state index in [0.717, 1.165) is 24.8 Å². The van der Waals surface area contributed by atoms with E-state index < -0.39 is 41.1 Å². The van der Waals surface area contributed by atoms with E-state index in [-0.39, 0.29) is 25.0 Å². The maximum Gasteiger partial charge on any atom is 0.313 e. The SMILES string of the molecule is CC[C@@H](CO)N1C(=O)[C@@H]2[C@H]3C(=O)OCCCC/C=C\[C@@]3(C)O[C@@]23C=CCN(Cc2ccccc2)C(=O)C13. The fourth-order valence-corrected chi connectivity index (χ4v) is 6.54. The molecule has 198 valence electrons. The van der Waals surface area contributed by atoms with Gasteiger partial charge in [-0.3, -0.25) is 14.4 Å². The van der Waals surface area contributed by atoms with Crippen molar-refractivity contribution in [3.8, 4) is 0 Å². The Kier molecular flexibility index (Phi) is 6.98. The summed E-state index contributed by atoms with van der Waals surface area (Å²) in [6.07, 6.45) is 10.5. The van der Waals surface area contributed by atoms with Gasteiger partial charge in [0.2, 0.25) is 11.8 Å². The summed E-state index contributed by atoms with van der Waals surface area (Å²) in [4.78, 5) is 45.2. The molecule has 1 aromatic carbocycles. The molecule has 8 nitrogen and oxygen atoms in total. The Balaban J connectivity index is 1.62. The number of likely N-dealkylation sites (tertiary alicyclic amines) is 1. The van der Waals surface area contributed by atoms with Crippen LogP contribution in [0.2, 0.25) is 0 Å². The third-order valence-electron chi connectivity index (χ3n) is 8.31. The van der Waals surface area contributed by atoms with Gasteiger partial charge in [-0.05, 0) is 38.2 Å². The molecule has 1 aromatic rings. The number of hydrogen-bond acceptors (Lipinski definition) is 6. The first-order chi connectivity index (χ1) is 17.9. The van der Waals surface area contributed by atoms with Gasteiger partial charge in [-0.25, -0.2) is 0 Å². The number of ether oxygens (including phenoxy) is 2. The molecule has 37 heavy (non-hydrogen) atoms. The van der Waals surface area contributed by atoms with Crippen LogP contribution in [0.25, 0.3) is 0 Å². The van der Waals surface area contributed by atoms with E-state index >= 15 is 0 Å². The highest BCUT2D eigenvalue weighted by Crippen LogP contribution is 2.57. The Morgan fingerprint density at radius 3 is 2.57 bits per heavy atom. The minimum Gasteiger partial charge on any atom is -0.465 e. The molecule has 4 heterocycles. The first-order valence-corrected chi connectivity index (χ1v) is 13.3. The molecule has 2 saturated heterocycles. The van der Waals surface area contributed by atoms with Crippen molar-refractivity contribution < 1.29 is 29.0 Å². The van der Waals surface area contributed by atoms with Crippen molar-refractivity contribution >= 4 is 17.8 Å². The minimum atomic E-state index is -1.35. The van der Waals surface area contributed by atoms with Gasteiger partial charge < -0.3 is 24.4 Å². The summed E-state index contributed by atoms with van der Waals surface area (Å²) in [5.74, 6) is -2.91. The van der Waals surface area contributed by atoms with Crippen LogP contribution in [0.4, 0.5) is 0 Å². The number of cyclic esters (lactones) is 1. The van der Waals surface area contributed by atoms with Crippen molar-refractivity contribution in [2.75, 3.05) is 19.8 Å². The number of carbonyl (C=O) groups excluding carboxylic acids is 3. The summed E-state index contributed by atoms with van der Waals surface area (Å²) in [6, 6.07) is 8.13. The summed E-state index contributed by atoms with van der Waals surface area (Å²) in [5, 5.41) is 10.2. The molecule has 2 amide bonds. The van der Waals surface area contributed by atoms with E-state index in [1.165, 1.54) is 4.90 Å². The molecule has 6 atom stereocenters. The smallest absolute Gasteiger partial charge is 0.313 e. The molecule has 1 N–H and O–H groups in total. The van der Waals surface area contributed by atoms with Gasteiger partial charge in [-0.15, -0.1) is 0 Å². The van der Waals surface area contributed by atoms with Crippen molar-refractivity contribution in [3.63, 3.8) is 0 Å². The number of carbonyl (C=O) groups is 3. The Morgan fingerprint density at radius 2 is 1.84 bits per heavy atom. The van der Waals surface area contributed by atoms with Gasteiger partial charge in [0, 0.05) is 13.1 Å². The third-order valence-corrected chi connectivity index (χ3v) is 8.31. The lowest BCUT2D eigenvalue weighted by molar-refractivity contribution is -0.161. The fraction of sp³-hybridized carbons (Fsp3) is 0.552. The first kappa shape index (κ1) is 25.7. The zero-order chi connectivity index (χ0) is 26.2. The van der Waals surface area contributed by atoms with Crippen LogP contribution in [0.5, 0.6) is 0 Å². The second-order valence-electron chi connectivity index (χ2n) is 10.7. The molecule has 0 aliphatic carbocycles. The number of aliphatic hydroxyl groups is 1. The third kappa shape index (κ3) is 4.20. The van der Waals surface area contributed by atoms with E-state index in [2.05, 4.69) is 0 Å². The molecule has 0 bridgehead atoms. The van der Waals surface area contributed by atoms with E-state index in [4.69, 9.17) is 9.47 Å². The second kappa shape index (κ2) is 10.1. The van der Waals surface area contributed by atoms with Crippen LogP contribution in [0.1, 0.15) is 45.1 Å². The molecule has 4 aliphatic rings. The summed E-state index contributed by atoms with van der Waals surface area (Å²) < 4.78 is 12.4. The molecule has 0 saturated carbocycles. The lowest BCUT2D eigenvalue weighted by Gasteiger charge is -2.40. The Morgan fingerprint density at radius 1 is 1.05 bits per heavy atom.